The molecule has 29 heavy (non-hydrogen) atoms. The highest BCUT2D eigenvalue weighted by Crippen LogP contribution is 2.34. The van der Waals surface area contributed by atoms with E-state index in [4.69, 9.17) is 10.5 Å². The van der Waals surface area contributed by atoms with Gasteiger partial charge in [-0.1, -0.05) is 42.5 Å². The van der Waals surface area contributed by atoms with Crippen molar-refractivity contribution in [2.75, 3.05) is 19.7 Å². The molecule has 2 N–H and O–H groups in total. The lowest BCUT2D eigenvalue weighted by Crippen LogP contribution is -2.48. The molecule has 2 unspecified atom stereocenters. The lowest BCUT2D eigenvalue weighted by molar-refractivity contribution is -0.0162. The molecule has 156 valence electrons. The van der Waals surface area contributed by atoms with Crippen molar-refractivity contribution < 1.29 is 9.13 Å². The molecule has 0 radical (unpaired) electrons. The zero-order chi connectivity index (χ0) is 20.1. The van der Waals surface area contributed by atoms with Gasteiger partial charge in [0.15, 0.2) is 0 Å². The third-order valence-electron chi connectivity index (χ3n) is 6.67. The van der Waals surface area contributed by atoms with Crippen LogP contribution in [-0.2, 0) is 11.3 Å². The molecule has 0 spiro atoms. The minimum atomic E-state index is -0.132. The topological polar surface area (TPSA) is 38.5 Å². The molecule has 0 bridgehead atoms. The average Bonchev–Trinajstić information content (AvgIpc) is 2.75. The molecule has 2 fully saturated rings. The van der Waals surface area contributed by atoms with E-state index < -0.39 is 0 Å². The summed E-state index contributed by atoms with van der Waals surface area (Å²) < 4.78 is 19.8. The summed E-state index contributed by atoms with van der Waals surface area (Å²) in [7, 11) is 0. The minimum Gasteiger partial charge on any atom is -0.378 e. The summed E-state index contributed by atoms with van der Waals surface area (Å²) in [5.41, 5.74) is 8.91. The number of benzene rings is 2. The quantitative estimate of drug-likeness (QED) is 0.768. The van der Waals surface area contributed by atoms with Crippen molar-refractivity contribution in [2.24, 2.45) is 11.7 Å². The van der Waals surface area contributed by atoms with Crippen molar-refractivity contribution in [3.63, 3.8) is 0 Å². The molecule has 0 amide bonds. The SMILES string of the molecule is NC1CCN(Cc2ccccc2)CC1COC1CCC(c2cccc(F)c2)CC1. The lowest BCUT2D eigenvalue weighted by atomic mass is 9.82. The second-order valence-electron chi connectivity index (χ2n) is 8.80. The fourth-order valence-electron chi connectivity index (χ4n) is 4.87. The van der Waals surface area contributed by atoms with Crippen LogP contribution >= 0.6 is 0 Å². The highest BCUT2D eigenvalue weighted by atomic mass is 19.1. The lowest BCUT2D eigenvalue weighted by Gasteiger charge is -2.38. The predicted octanol–water partition coefficient (Wildman–Crippen LogP) is 4.72. The standard InChI is InChI=1S/C25H33FN2O/c26-23-8-4-7-21(15-23)20-9-11-24(12-10-20)29-18-22-17-28(14-13-25(22)27)16-19-5-2-1-3-6-19/h1-8,15,20,22,24-25H,9-14,16-18,27H2. The molecule has 2 aromatic rings. The Morgan fingerprint density at radius 1 is 0.966 bits per heavy atom. The van der Waals surface area contributed by atoms with Crippen LogP contribution in [0.25, 0.3) is 0 Å². The maximum atomic E-state index is 13.5. The Morgan fingerprint density at radius 3 is 2.52 bits per heavy atom. The molecule has 4 rings (SSSR count). The summed E-state index contributed by atoms with van der Waals surface area (Å²) in [5.74, 6) is 0.726. The zero-order valence-corrected chi connectivity index (χ0v) is 17.2. The minimum absolute atomic E-state index is 0.132. The van der Waals surface area contributed by atoms with Crippen molar-refractivity contribution in [2.45, 2.75) is 56.7 Å². The Kier molecular flexibility index (Phi) is 6.96. The first kappa shape index (κ1) is 20.5. The maximum absolute atomic E-state index is 13.5. The monoisotopic (exact) mass is 396 g/mol. The average molecular weight is 397 g/mol. The molecular formula is C25H33FN2O. The Labute approximate surface area is 174 Å². The number of ether oxygens (including phenoxy) is 1. The number of rotatable bonds is 6. The first-order chi connectivity index (χ1) is 14.2. The third-order valence-corrected chi connectivity index (χ3v) is 6.67. The van der Waals surface area contributed by atoms with Crippen LogP contribution in [-0.4, -0.2) is 36.7 Å². The van der Waals surface area contributed by atoms with Gasteiger partial charge in [0, 0.05) is 25.0 Å². The Hall–Kier alpha value is -1.75. The first-order valence-electron chi connectivity index (χ1n) is 11.1. The van der Waals surface area contributed by atoms with Gasteiger partial charge in [-0.15, -0.1) is 0 Å². The van der Waals surface area contributed by atoms with Crippen LogP contribution in [0.1, 0.15) is 49.1 Å². The van der Waals surface area contributed by atoms with E-state index in [1.807, 2.05) is 6.07 Å². The number of likely N-dealkylation sites (tertiary alicyclic amines) is 1. The number of nitrogens with zero attached hydrogens (tertiary/aromatic N) is 1. The number of piperidine rings is 1. The Bertz CT molecular complexity index is 760. The molecule has 1 heterocycles. The molecule has 1 aliphatic carbocycles. The van der Waals surface area contributed by atoms with Gasteiger partial charge in [0.2, 0.25) is 0 Å². The van der Waals surface area contributed by atoms with Crippen molar-refractivity contribution in [3.05, 3.63) is 71.5 Å². The van der Waals surface area contributed by atoms with E-state index in [2.05, 4.69) is 41.3 Å². The predicted molar refractivity (Wildman–Crippen MR) is 115 cm³/mol. The highest BCUT2D eigenvalue weighted by Gasteiger charge is 2.29. The molecular weight excluding hydrogens is 363 g/mol. The second kappa shape index (κ2) is 9.84. The summed E-state index contributed by atoms with van der Waals surface area (Å²) in [4.78, 5) is 2.51. The fourth-order valence-corrected chi connectivity index (χ4v) is 4.87. The molecule has 1 saturated heterocycles. The second-order valence-corrected chi connectivity index (χ2v) is 8.80. The summed E-state index contributed by atoms with van der Waals surface area (Å²) >= 11 is 0. The fraction of sp³-hybridized carbons (Fsp3) is 0.520. The zero-order valence-electron chi connectivity index (χ0n) is 17.2. The van der Waals surface area contributed by atoms with Crippen LogP contribution in [0.15, 0.2) is 54.6 Å². The Morgan fingerprint density at radius 2 is 1.76 bits per heavy atom. The summed E-state index contributed by atoms with van der Waals surface area (Å²) in [6.07, 6.45) is 5.60. The van der Waals surface area contributed by atoms with Crippen LogP contribution in [0.4, 0.5) is 4.39 Å². The van der Waals surface area contributed by atoms with Crippen molar-refractivity contribution in [1.29, 1.82) is 0 Å². The molecule has 2 atom stereocenters. The van der Waals surface area contributed by atoms with Gasteiger partial charge < -0.3 is 10.5 Å². The van der Waals surface area contributed by atoms with Crippen molar-refractivity contribution in [1.82, 2.24) is 4.90 Å². The number of hydrogen-bond acceptors (Lipinski definition) is 3. The molecule has 2 aromatic carbocycles. The normalized spacial score (nSPS) is 28.3. The molecule has 0 aromatic heterocycles. The van der Waals surface area contributed by atoms with Crippen molar-refractivity contribution >= 4 is 0 Å². The van der Waals surface area contributed by atoms with E-state index in [0.717, 1.165) is 63.9 Å². The van der Waals surface area contributed by atoms with Gasteiger partial charge >= 0.3 is 0 Å². The van der Waals surface area contributed by atoms with Crippen LogP contribution in [0.5, 0.6) is 0 Å². The summed E-state index contributed by atoms with van der Waals surface area (Å²) in [5, 5.41) is 0. The number of halogens is 1. The van der Waals surface area contributed by atoms with Gasteiger partial charge in [0.05, 0.1) is 12.7 Å². The van der Waals surface area contributed by atoms with Gasteiger partial charge in [-0.3, -0.25) is 4.90 Å². The van der Waals surface area contributed by atoms with E-state index in [1.54, 1.807) is 6.07 Å². The van der Waals surface area contributed by atoms with Crippen LogP contribution in [0, 0.1) is 11.7 Å². The summed E-state index contributed by atoms with van der Waals surface area (Å²) in [6.45, 7) is 3.81. The summed E-state index contributed by atoms with van der Waals surface area (Å²) in [6, 6.07) is 18.0. The maximum Gasteiger partial charge on any atom is 0.123 e. The highest BCUT2D eigenvalue weighted by molar-refractivity contribution is 5.21. The van der Waals surface area contributed by atoms with Gasteiger partial charge in [-0.2, -0.15) is 0 Å². The third kappa shape index (κ3) is 5.65. The van der Waals surface area contributed by atoms with Crippen molar-refractivity contribution in [3.8, 4) is 0 Å². The molecule has 3 nitrogen and oxygen atoms in total. The van der Waals surface area contributed by atoms with E-state index in [0.29, 0.717) is 17.9 Å². The van der Waals surface area contributed by atoms with E-state index >= 15 is 0 Å². The number of hydrogen-bond donors (Lipinski definition) is 1. The smallest absolute Gasteiger partial charge is 0.123 e. The first-order valence-corrected chi connectivity index (χ1v) is 11.1. The van der Waals surface area contributed by atoms with Gasteiger partial charge in [-0.05, 0) is 67.8 Å². The number of nitrogens with two attached hydrogens (primary N) is 1. The van der Waals surface area contributed by atoms with E-state index in [1.165, 1.54) is 11.6 Å². The van der Waals surface area contributed by atoms with Gasteiger partial charge in [-0.25, -0.2) is 4.39 Å². The Balaban J connectivity index is 1.23. The van der Waals surface area contributed by atoms with Crippen LogP contribution in [0.2, 0.25) is 0 Å². The molecule has 2 aliphatic rings. The molecule has 1 aliphatic heterocycles. The van der Waals surface area contributed by atoms with Gasteiger partial charge in [0.1, 0.15) is 5.82 Å². The molecule has 4 heteroatoms. The van der Waals surface area contributed by atoms with Crippen LogP contribution in [0.3, 0.4) is 0 Å². The van der Waals surface area contributed by atoms with Crippen LogP contribution < -0.4 is 5.73 Å². The largest absolute Gasteiger partial charge is 0.378 e. The van der Waals surface area contributed by atoms with E-state index in [9.17, 15) is 4.39 Å². The van der Waals surface area contributed by atoms with E-state index in [-0.39, 0.29) is 11.9 Å². The molecule has 1 saturated carbocycles. The van der Waals surface area contributed by atoms with Gasteiger partial charge in [0.25, 0.3) is 0 Å².